The number of nitrogens with one attached hydrogen (secondary N) is 1. The van der Waals surface area contributed by atoms with Crippen LogP contribution in [0.25, 0.3) is 0 Å². The summed E-state index contributed by atoms with van der Waals surface area (Å²) in [5.74, 6) is 2.42. The lowest BCUT2D eigenvalue weighted by atomic mass is 9.88. The normalized spacial score (nSPS) is 38.8. The van der Waals surface area contributed by atoms with Crippen molar-refractivity contribution in [2.75, 3.05) is 26.4 Å². The third-order valence-electron chi connectivity index (χ3n) is 4.91. The molecule has 0 aromatic rings. The number of allylic oxidation sites excluding steroid dienone is 2. The minimum atomic E-state index is -0.0657. The minimum Gasteiger partial charge on any atom is -0.394 e. The monoisotopic (exact) mass is 237 g/mol. The summed E-state index contributed by atoms with van der Waals surface area (Å²) in [4.78, 5) is 0. The molecule has 0 amide bonds. The van der Waals surface area contributed by atoms with E-state index in [-0.39, 0.29) is 12.1 Å². The summed E-state index contributed by atoms with van der Waals surface area (Å²) >= 11 is 0. The molecule has 1 aliphatic heterocycles. The first-order chi connectivity index (χ1) is 8.31. The highest BCUT2D eigenvalue weighted by Crippen LogP contribution is 2.43. The zero-order chi connectivity index (χ0) is 11.7. The van der Waals surface area contributed by atoms with Gasteiger partial charge in [-0.15, -0.1) is 0 Å². The molecule has 1 saturated carbocycles. The Morgan fingerprint density at radius 3 is 2.65 bits per heavy atom. The third-order valence-corrected chi connectivity index (χ3v) is 4.91. The van der Waals surface area contributed by atoms with E-state index in [4.69, 9.17) is 4.74 Å². The van der Waals surface area contributed by atoms with Crippen LogP contribution in [0.5, 0.6) is 0 Å². The molecule has 3 atom stereocenters. The van der Waals surface area contributed by atoms with E-state index < -0.39 is 0 Å². The smallest absolute Gasteiger partial charge is 0.0615 e. The molecule has 3 rings (SSSR count). The van der Waals surface area contributed by atoms with Crippen LogP contribution in [0.15, 0.2) is 12.2 Å². The fourth-order valence-electron chi connectivity index (χ4n) is 3.63. The maximum absolute atomic E-state index is 9.62. The second-order valence-electron chi connectivity index (χ2n) is 5.97. The summed E-state index contributed by atoms with van der Waals surface area (Å²) in [6.07, 6.45) is 9.38. The predicted octanol–water partition coefficient (Wildman–Crippen LogP) is 1.33. The summed E-state index contributed by atoms with van der Waals surface area (Å²) in [6, 6.07) is 0. The highest BCUT2D eigenvalue weighted by Gasteiger charge is 2.38. The van der Waals surface area contributed by atoms with Crippen LogP contribution in [-0.2, 0) is 4.74 Å². The molecule has 3 nitrogen and oxygen atoms in total. The van der Waals surface area contributed by atoms with Crippen LogP contribution >= 0.6 is 0 Å². The predicted molar refractivity (Wildman–Crippen MR) is 66.7 cm³/mol. The number of aliphatic hydroxyl groups is 1. The zero-order valence-electron chi connectivity index (χ0n) is 10.4. The first-order valence-electron chi connectivity index (χ1n) is 6.93. The maximum atomic E-state index is 9.62. The van der Waals surface area contributed by atoms with Gasteiger partial charge < -0.3 is 15.2 Å². The second-order valence-corrected chi connectivity index (χ2v) is 5.97. The van der Waals surface area contributed by atoms with Crippen molar-refractivity contribution in [2.24, 2.45) is 17.8 Å². The average Bonchev–Trinajstić information content (AvgIpc) is 3.00. The van der Waals surface area contributed by atoms with Gasteiger partial charge in [0.05, 0.1) is 6.61 Å². The van der Waals surface area contributed by atoms with E-state index in [1.807, 2.05) is 0 Å². The maximum Gasteiger partial charge on any atom is 0.0615 e. The highest BCUT2D eigenvalue weighted by molar-refractivity contribution is 5.10. The summed E-state index contributed by atoms with van der Waals surface area (Å²) < 4.78 is 5.39. The van der Waals surface area contributed by atoms with Gasteiger partial charge in [-0.25, -0.2) is 0 Å². The van der Waals surface area contributed by atoms with Gasteiger partial charge in [0, 0.05) is 18.8 Å². The molecule has 1 saturated heterocycles. The van der Waals surface area contributed by atoms with Gasteiger partial charge in [-0.05, 0) is 50.0 Å². The molecule has 0 unspecified atom stereocenters. The Morgan fingerprint density at radius 1 is 1.24 bits per heavy atom. The van der Waals surface area contributed by atoms with Crippen molar-refractivity contribution in [3.63, 3.8) is 0 Å². The first-order valence-corrected chi connectivity index (χ1v) is 6.93. The van der Waals surface area contributed by atoms with Crippen molar-refractivity contribution in [1.82, 2.24) is 5.32 Å². The third kappa shape index (κ3) is 2.28. The fraction of sp³-hybridized carbons (Fsp3) is 0.857. The number of hydrogen-bond acceptors (Lipinski definition) is 3. The Morgan fingerprint density at radius 2 is 2.06 bits per heavy atom. The molecule has 2 bridgehead atoms. The standard InChI is InChI=1S/C14H23NO2/c16-10-14(3-5-17-6-4-14)15-9-13-8-11-1-2-12(13)7-11/h1-2,11-13,15-16H,3-10H2/t11-,12+,13+/m0/s1. The second kappa shape index (κ2) is 4.71. The summed E-state index contributed by atoms with van der Waals surface area (Å²) in [6.45, 7) is 2.87. The van der Waals surface area contributed by atoms with Crippen LogP contribution in [0.1, 0.15) is 25.7 Å². The average molecular weight is 237 g/mol. The van der Waals surface area contributed by atoms with Gasteiger partial charge in [0.15, 0.2) is 0 Å². The fourth-order valence-corrected chi connectivity index (χ4v) is 3.63. The van der Waals surface area contributed by atoms with Crippen molar-refractivity contribution in [3.8, 4) is 0 Å². The largest absolute Gasteiger partial charge is 0.394 e. The topological polar surface area (TPSA) is 41.5 Å². The SMILES string of the molecule is OCC1(NC[C@H]2C[C@H]3C=C[C@@H]2C3)CCOCC1. The van der Waals surface area contributed by atoms with E-state index >= 15 is 0 Å². The van der Waals surface area contributed by atoms with E-state index in [2.05, 4.69) is 17.5 Å². The van der Waals surface area contributed by atoms with Gasteiger partial charge in [0.2, 0.25) is 0 Å². The van der Waals surface area contributed by atoms with Gasteiger partial charge >= 0.3 is 0 Å². The lowest BCUT2D eigenvalue weighted by molar-refractivity contribution is 0.00988. The van der Waals surface area contributed by atoms with Crippen molar-refractivity contribution in [2.45, 2.75) is 31.2 Å². The van der Waals surface area contributed by atoms with Gasteiger partial charge in [0.25, 0.3) is 0 Å². The lowest BCUT2D eigenvalue weighted by Crippen LogP contribution is -2.53. The molecule has 3 heteroatoms. The minimum absolute atomic E-state index is 0.0657. The molecular formula is C14H23NO2. The number of ether oxygens (including phenoxy) is 1. The molecule has 0 aromatic carbocycles. The Hall–Kier alpha value is -0.380. The Balaban J connectivity index is 1.54. The van der Waals surface area contributed by atoms with Crippen LogP contribution in [0.3, 0.4) is 0 Å². The molecule has 96 valence electrons. The molecule has 2 aliphatic carbocycles. The Labute approximate surface area is 103 Å². The van der Waals surface area contributed by atoms with Crippen molar-refractivity contribution in [1.29, 1.82) is 0 Å². The highest BCUT2D eigenvalue weighted by atomic mass is 16.5. The lowest BCUT2D eigenvalue weighted by Gasteiger charge is -2.38. The molecule has 0 radical (unpaired) electrons. The van der Waals surface area contributed by atoms with Gasteiger partial charge in [-0.2, -0.15) is 0 Å². The number of hydrogen-bond donors (Lipinski definition) is 2. The zero-order valence-corrected chi connectivity index (χ0v) is 10.4. The summed E-state index contributed by atoms with van der Waals surface area (Å²) in [7, 11) is 0. The molecule has 0 aromatic heterocycles. The van der Waals surface area contributed by atoms with E-state index in [9.17, 15) is 5.11 Å². The summed E-state index contributed by atoms with van der Waals surface area (Å²) in [5.41, 5.74) is -0.0657. The van der Waals surface area contributed by atoms with E-state index in [0.717, 1.165) is 50.4 Å². The van der Waals surface area contributed by atoms with Crippen LogP contribution in [-0.4, -0.2) is 37.0 Å². The van der Waals surface area contributed by atoms with Gasteiger partial charge in [0.1, 0.15) is 0 Å². The molecule has 2 N–H and O–H groups in total. The van der Waals surface area contributed by atoms with Gasteiger partial charge in [-0.3, -0.25) is 0 Å². The van der Waals surface area contributed by atoms with Crippen LogP contribution in [0.4, 0.5) is 0 Å². The van der Waals surface area contributed by atoms with Crippen LogP contribution < -0.4 is 5.32 Å². The van der Waals surface area contributed by atoms with Gasteiger partial charge in [-0.1, -0.05) is 12.2 Å². The molecule has 3 aliphatic rings. The number of fused-ring (bicyclic) bond motifs is 2. The van der Waals surface area contributed by atoms with Crippen LogP contribution in [0.2, 0.25) is 0 Å². The number of rotatable bonds is 4. The Kier molecular flexibility index (Phi) is 3.24. The summed E-state index contributed by atoms with van der Waals surface area (Å²) in [5, 5.41) is 13.3. The van der Waals surface area contributed by atoms with E-state index in [1.165, 1.54) is 12.8 Å². The molecular weight excluding hydrogens is 214 g/mol. The Bertz CT molecular complexity index is 297. The molecule has 1 heterocycles. The van der Waals surface area contributed by atoms with Crippen molar-refractivity contribution >= 4 is 0 Å². The van der Waals surface area contributed by atoms with Crippen molar-refractivity contribution < 1.29 is 9.84 Å². The van der Waals surface area contributed by atoms with Crippen molar-refractivity contribution in [3.05, 3.63) is 12.2 Å². The number of aliphatic hydroxyl groups excluding tert-OH is 1. The molecule has 17 heavy (non-hydrogen) atoms. The first kappa shape index (κ1) is 11.7. The van der Waals surface area contributed by atoms with E-state index in [0.29, 0.717) is 0 Å². The van der Waals surface area contributed by atoms with E-state index in [1.54, 1.807) is 0 Å². The molecule has 0 spiro atoms. The molecule has 2 fully saturated rings. The van der Waals surface area contributed by atoms with Crippen LogP contribution in [0, 0.1) is 17.8 Å². The quantitative estimate of drug-likeness (QED) is 0.725.